The monoisotopic (exact) mass is 248 g/mol. The number of esters is 1. The van der Waals surface area contributed by atoms with E-state index in [9.17, 15) is 9.59 Å². The van der Waals surface area contributed by atoms with Crippen LogP contribution in [0.2, 0.25) is 0 Å². The van der Waals surface area contributed by atoms with E-state index in [1.165, 1.54) is 7.11 Å². The van der Waals surface area contributed by atoms with Gasteiger partial charge in [-0.1, -0.05) is 6.07 Å². The number of fused-ring (bicyclic) bond motifs is 1. The Morgan fingerprint density at radius 1 is 1.50 bits per heavy atom. The average molecular weight is 248 g/mol. The number of ether oxygens (including phenoxy) is 1. The summed E-state index contributed by atoms with van der Waals surface area (Å²) in [6.45, 7) is 4.52. The third kappa shape index (κ3) is 1.81. The van der Waals surface area contributed by atoms with E-state index in [4.69, 9.17) is 4.74 Å². The Bertz CT molecular complexity index is 499. The first-order chi connectivity index (χ1) is 8.60. The summed E-state index contributed by atoms with van der Waals surface area (Å²) >= 11 is 0. The molecule has 0 aromatic heterocycles. The zero-order chi connectivity index (χ0) is 13.3. The second kappa shape index (κ2) is 4.68. The molecular weight excluding hydrogens is 232 g/mol. The number of benzene rings is 1. The first-order valence-electron chi connectivity index (χ1n) is 5.89. The molecule has 0 aliphatic carbocycles. The van der Waals surface area contributed by atoms with Crippen LogP contribution in [0.3, 0.4) is 0 Å². The summed E-state index contributed by atoms with van der Waals surface area (Å²) in [6, 6.07) is 5.09. The van der Waals surface area contributed by atoms with Gasteiger partial charge >= 0.3 is 5.97 Å². The molecule has 0 saturated carbocycles. The van der Waals surface area contributed by atoms with Crippen LogP contribution in [0, 0.1) is 0 Å². The molecule has 1 N–H and O–H groups in total. The molecule has 0 radical (unpaired) electrons. The second-order valence-corrected chi connectivity index (χ2v) is 4.14. The minimum atomic E-state index is -0.447. The van der Waals surface area contributed by atoms with Crippen LogP contribution in [-0.2, 0) is 9.53 Å². The molecule has 1 aromatic rings. The molecule has 1 amide bonds. The zero-order valence-electron chi connectivity index (χ0n) is 10.7. The number of hydrogen-bond acceptors (Lipinski definition) is 4. The van der Waals surface area contributed by atoms with Crippen LogP contribution in [0.5, 0.6) is 0 Å². The Morgan fingerprint density at radius 3 is 2.83 bits per heavy atom. The lowest BCUT2D eigenvalue weighted by Crippen LogP contribution is -2.46. The van der Waals surface area contributed by atoms with E-state index < -0.39 is 5.97 Å². The van der Waals surface area contributed by atoms with Gasteiger partial charge in [-0.15, -0.1) is 0 Å². The van der Waals surface area contributed by atoms with E-state index >= 15 is 0 Å². The lowest BCUT2D eigenvalue weighted by atomic mass is 10.0. The maximum Gasteiger partial charge on any atom is 0.340 e. The van der Waals surface area contributed by atoms with E-state index in [1.807, 2.05) is 24.8 Å². The lowest BCUT2D eigenvalue weighted by molar-refractivity contribution is -0.117. The molecule has 2 rings (SSSR count). The standard InChI is InChI=1S/C13H16N2O3/c1-4-15-8(2)12(16)14-11-9(13(17)18-3)6-5-7-10(11)15/h5-8H,4H2,1-3H3,(H,14,16). The largest absolute Gasteiger partial charge is 0.465 e. The van der Waals surface area contributed by atoms with Crippen molar-refractivity contribution >= 4 is 23.3 Å². The summed E-state index contributed by atoms with van der Waals surface area (Å²) in [5.41, 5.74) is 1.77. The molecule has 1 unspecified atom stereocenters. The number of hydrogen-bond donors (Lipinski definition) is 1. The van der Waals surface area contributed by atoms with Gasteiger partial charge in [-0.25, -0.2) is 4.79 Å². The highest BCUT2D eigenvalue weighted by atomic mass is 16.5. The summed E-state index contributed by atoms with van der Waals surface area (Å²) in [5.74, 6) is -0.557. The Labute approximate surface area is 106 Å². The third-order valence-electron chi connectivity index (χ3n) is 3.19. The van der Waals surface area contributed by atoms with E-state index in [2.05, 4.69) is 5.32 Å². The molecule has 0 saturated heterocycles. The molecule has 5 nitrogen and oxygen atoms in total. The highest BCUT2D eigenvalue weighted by Crippen LogP contribution is 2.34. The van der Waals surface area contributed by atoms with E-state index in [0.717, 1.165) is 5.69 Å². The van der Waals surface area contributed by atoms with Gasteiger partial charge in [0.1, 0.15) is 6.04 Å². The first kappa shape index (κ1) is 12.4. The van der Waals surface area contributed by atoms with Gasteiger partial charge in [0.25, 0.3) is 0 Å². The van der Waals surface area contributed by atoms with Crippen molar-refractivity contribution in [2.45, 2.75) is 19.9 Å². The van der Waals surface area contributed by atoms with Crippen LogP contribution >= 0.6 is 0 Å². The minimum absolute atomic E-state index is 0.110. The van der Waals surface area contributed by atoms with Crippen LogP contribution in [0.25, 0.3) is 0 Å². The van der Waals surface area contributed by atoms with Gasteiger partial charge in [0.05, 0.1) is 24.0 Å². The van der Waals surface area contributed by atoms with Crippen molar-refractivity contribution in [3.8, 4) is 0 Å². The van der Waals surface area contributed by atoms with Crippen molar-refractivity contribution in [1.82, 2.24) is 0 Å². The normalized spacial score (nSPS) is 18.1. The van der Waals surface area contributed by atoms with Crippen LogP contribution < -0.4 is 10.2 Å². The maximum atomic E-state index is 11.9. The van der Waals surface area contributed by atoms with E-state index in [-0.39, 0.29) is 11.9 Å². The fraction of sp³-hybridized carbons (Fsp3) is 0.385. The molecule has 1 aliphatic heterocycles. The molecule has 1 aromatic carbocycles. The molecule has 5 heteroatoms. The number of amides is 1. The fourth-order valence-corrected chi connectivity index (χ4v) is 2.21. The number of rotatable bonds is 2. The molecule has 0 fully saturated rings. The lowest BCUT2D eigenvalue weighted by Gasteiger charge is -2.36. The number of nitrogens with zero attached hydrogens (tertiary/aromatic N) is 1. The predicted octanol–water partition coefficient (Wildman–Crippen LogP) is 1.64. The van der Waals surface area contributed by atoms with Crippen molar-refractivity contribution in [3.63, 3.8) is 0 Å². The van der Waals surface area contributed by atoms with Crippen LogP contribution in [0.15, 0.2) is 18.2 Å². The van der Waals surface area contributed by atoms with Crippen molar-refractivity contribution in [3.05, 3.63) is 23.8 Å². The Balaban J connectivity index is 2.56. The molecule has 0 bridgehead atoms. The number of nitrogens with one attached hydrogen (secondary N) is 1. The SMILES string of the molecule is CCN1c2cccc(C(=O)OC)c2NC(=O)C1C. The summed E-state index contributed by atoms with van der Waals surface area (Å²) in [7, 11) is 1.33. The Morgan fingerprint density at radius 2 is 2.22 bits per heavy atom. The Hall–Kier alpha value is -2.04. The first-order valence-corrected chi connectivity index (χ1v) is 5.89. The summed E-state index contributed by atoms with van der Waals surface area (Å²) in [6.07, 6.45) is 0. The van der Waals surface area contributed by atoms with Crippen LogP contribution in [0.1, 0.15) is 24.2 Å². The molecule has 1 aliphatic rings. The number of carbonyl (C=O) groups excluding carboxylic acids is 2. The number of methoxy groups -OCH3 is 1. The molecular formula is C13H16N2O3. The van der Waals surface area contributed by atoms with E-state index in [1.54, 1.807) is 12.1 Å². The maximum absolute atomic E-state index is 11.9. The number of carbonyl (C=O) groups is 2. The molecule has 96 valence electrons. The molecule has 0 spiro atoms. The second-order valence-electron chi connectivity index (χ2n) is 4.14. The topological polar surface area (TPSA) is 58.6 Å². The molecule has 1 heterocycles. The molecule has 18 heavy (non-hydrogen) atoms. The van der Waals surface area contributed by atoms with Crippen molar-refractivity contribution < 1.29 is 14.3 Å². The minimum Gasteiger partial charge on any atom is -0.465 e. The van der Waals surface area contributed by atoms with Gasteiger partial charge in [-0.2, -0.15) is 0 Å². The van der Waals surface area contributed by atoms with Crippen molar-refractivity contribution in [2.24, 2.45) is 0 Å². The smallest absolute Gasteiger partial charge is 0.340 e. The highest BCUT2D eigenvalue weighted by Gasteiger charge is 2.31. The highest BCUT2D eigenvalue weighted by molar-refractivity contribution is 6.10. The van der Waals surface area contributed by atoms with E-state index in [0.29, 0.717) is 17.8 Å². The predicted molar refractivity (Wildman–Crippen MR) is 68.9 cm³/mol. The fourth-order valence-electron chi connectivity index (χ4n) is 2.21. The van der Waals surface area contributed by atoms with Crippen molar-refractivity contribution in [2.75, 3.05) is 23.9 Å². The summed E-state index contributed by atoms with van der Waals surface area (Å²) in [4.78, 5) is 25.5. The number of anilines is 2. The summed E-state index contributed by atoms with van der Waals surface area (Å²) in [5, 5.41) is 2.78. The van der Waals surface area contributed by atoms with Gasteiger partial charge in [0.2, 0.25) is 5.91 Å². The Kier molecular flexibility index (Phi) is 3.23. The van der Waals surface area contributed by atoms with Crippen LogP contribution in [-0.4, -0.2) is 31.6 Å². The van der Waals surface area contributed by atoms with Crippen molar-refractivity contribution in [1.29, 1.82) is 0 Å². The average Bonchev–Trinajstić information content (AvgIpc) is 2.39. The van der Waals surface area contributed by atoms with Gasteiger partial charge in [-0.05, 0) is 26.0 Å². The van der Waals surface area contributed by atoms with Gasteiger partial charge in [0, 0.05) is 6.54 Å². The quantitative estimate of drug-likeness (QED) is 0.808. The number of likely N-dealkylation sites (N-methyl/N-ethyl adjacent to an activating group) is 1. The zero-order valence-corrected chi connectivity index (χ0v) is 10.7. The summed E-state index contributed by atoms with van der Waals surface area (Å²) < 4.78 is 4.72. The number of para-hydroxylation sites is 1. The third-order valence-corrected chi connectivity index (χ3v) is 3.19. The van der Waals surface area contributed by atoms with Gasteiger partial charge in [0.15, 0.2) is 0 Å². The van der Waals surface area contributed by atoms with Gasteiger partial charge < -0.3 is 15.0 Å². The van der Waals surface area contributed by atoms with Gasteiger partial charge in [-0.3, -0.25) is 4.79 Å². The molecule has 1 atom stereocenters. The van der Waals surface area contributed by atoms with Crippen LogP contribution in [0.4, 0.5) is 11.4 Å².